The summed E-state index contributed by atoms with van der Waals surface area (Å²) in [5.41, 5.74) is 6.52. The normalized spacial score (nSPS) is 17.6. The first-order valence-electron chi connectivity index (χ1n) is 7.22. The van der Waals surface area contributed by atoms with Crippen LogP contribution in [0.3, 0.4) is 0 Å². The summed E-state index contributed by atoms with van der Waals surface area (Å²) < 4.78 is 22.0. The predicted molar refractivity (Wildman–Crippen MR) is 88.3 cm³/mol. The topological polar surface area (TPSA) is 35.5 Å². The molecule has 1 saturated heterocycles. The fourth-order valence-electron chi connectivity index (χ4n) is 1.70. The van der Waals surface area contributed by atoms with Crippen molar-refractivity contribution in [2.24, 2.45) is 0 Å². The second-order valence-corrected chi connectivity index (χ2v) is 7.21. The van der Waals surface area contributed by atoms with Crippen LogP contribution in [-0.4, -0.2) is 13.2 Å². The van der Waals surface area contributed by atoms with Gasteiger partial charge < -0.3 is 9.05 Å². The van der Waals surface area contributed by atoms with Crippen molar-refractivity contribution in [3.8, 4) is 0 Å². The monoisotopic (exact) mass is 308 g/mol. The zero-order valence-corrected chi connectivity index (χ0v) is 14.3. The molecule has 0 atom stereocenters. The lowest BCUT2D eigenvalue weighted by molar-refractivity contribution is 0.364. The van der Waals surface area contributed by atoms with Gasteiger partial charge in [0, 0.05) is 0 Å². The van der Waals surface area contributed by atoms with Crippen LogP contribution in [-0.2, 0) is 13.6 Å². The summed E-state index contributed by atoms with van der Waals surface area (Å²) in [4.78, 5) is 0. The third-order valence-electron chi connectivity index (χ3n) is 2.89. The largest absolute Gasteiger partial charge is 0.361 e. The average molecular weight is 308 g/mol. The van der Waals surface area contributed by atoms with Gasteiger partial charge in [-0.3, -0.25) is 4.57 Å². The van der Waals surface area contributed by atoms with Gasteiger partial charge in [0.05, 0.1) is 19.0 Å². The Hall–Kier alpha value is -1.11. The van der Waals surface area contributed by atoms with Gasteiger partial charge in [0.2, 0.25) is 0 Å². The second kappa shape index (κ2) is 9.02. The minimum atomic E-state index is -3.01. The van der Waals surface area contributed by atoms with Crippen molar-refractivity contribution in [3.63, 3.8) is 0 Å². The molecule has 1 heterocycles. The summed E-state index contributed by atoms with van der Waals surface area (Å²) in [5, 5.41) is 0. The maximum Gasteiger partial charge on any atom is 0.361 e. The van der Waals surface area contributed by atoms with Crippen LogP contribution in [0.2, 0.25) is 0 Å². The summed E-state index contributed by atoms with van der Waals surface area (Å²) in [6.07, 6.45) is 10.4. The molecule has 0 aromatic rings. The van der Waals surface area contributed by atoms with Gasteiger partial charge in [-0.05, 0) is 46.1 Å². The molecular weight excluding hydrogens is 283 g/mol. The number of hydrogen-bond donors (Lipinski definition) is 0. The molecule has 0 aromatic heterocycles. The third-order valence-corrected chi connectivity index (χ3v) is 4.42. The van der Waals surface area contributed by atoms with Gasteiger partial charge in [-0.1, -0.05) is 35.5 Å². The van der Waals surface area contributed by atoms with Gasteiger partial charge in [-0.15, -0.1) is 5.73 Å². The Morgan fingerprint density at radius 1 is 1.19 bits per heavy atom. The summed E-state index contributed by atoms with van der Waals surface area (Å²) >= 11 is 0. The summed E-state index contributed by atoms with van der Waals surface area (Å²) in [6, 6.07) is 0. The highest BCUT2D eigenvalue weighted by Crippen LogP contribution is 2.52. The van der Waals surface area contributed by atoms with E-state index in [9.17, 15) is 4.57 Å². The van der Waals surface area contributed by atoms with Crippen molar-refractivity contribution in [2.45, 2.75) is 40.5 Å². The van der Waals surface area contributed by atoms with E-state index in [0.29, 0.717) is 13.2 Å². The highest BCUT2D eigenvalue weighted by molar-refractivity contribution is 7.57. The van der Waals surface area contributed by atoms with Gasteiger partial charge in [-0.2, -0.15) is 0 Å². The number of allylic oxidation sites excluding steroid dienone is 7. The van der Waals surface area contributed by atoms with E-state index in [1.54, 1.807) is 0 Å². The van der Waals surface area contributed by atoms with Crippen molar-refractivity contribution >= 4 is 7.60 Å². The van der Waals surface area contributed by atoms with E-state index in [4.69, 9.17) is 9.05 Å². The first-order chi connectivity index (χ1) is 9.91. The summed E-state index contributed by atoms with van der Waals surface area (Å²) in [5.74, 6) is 1.41. The average Bonchev–Trinajstić information content (AvgIpc) is 2.83. The smallest absolute Gasteiger partial charge is 0.303 e. The minimum absolute atomic E-state index is 0.387. The van der Waals surface area contributed by atoms with Crippen LogP contribution in [0.5, 0.6) is 0 Å². The summed E-state index contributed by atoms with van der Waals surface area (Å²) in [6.45, 7) is 9.03. The molecule has 0 aromatic carbocycles. The molecule has 4 heteroatoms. The lowest BCUT2D eigenvalue weighted by atomic mass is 10.1. The van der Waals surface area contributed by atoms with E-state index in [2.05, 4.69) is 38.7 Å². The van der Waals surface area contributed by atoms with Crippen LogP contribution in [0.1, 0.15) is 40.5 Å². The summed E-state index contributed by atoms with van der Waals surface area (Å²) in [7, 11) is -3.01. The van der Waals surface area contributed by atoms with Crippen LogP contribution >= 0.6 is 7.60 Å². The van der Waals surface area contributed by atoms with E-state index in [1.165, 1.54) is 17.0 Å². The maximum atomic E-state index is 11.9. The van der Waals surface area contributed by atoms with Crippen molar-refractivity contribution in [3.05, 3.63) is 52.6 Å². The van der Waals surface area contributed by atoms with E-state index in [-0.39, 0.29) is 0 Å². The molecule has 0 spiro atoms. The first-order valence-corrected chi connectivity index (χ1v) is 8.83. The fourth-order valence-corrected chi connectivity index (χ4v) is 2.94. The fraction of sp³-hybridized carbons (Fsp3) is 0.471. The van der Waals surface area contributed by atoms with Crippen molar-refractivity contribution in [1.82, 2.24) is 0 Å². The van der Waals surface area contributed by atoms with E-state index < -0.39 is 7.60 Å². The molecule has 3 nitrogen and oxygen atoms in total. The first kappa shape index (κ1) is 17.9. The molecule has 0 bridgehead atoms. The Morgan fingerprint density at radius 2 is 1.86 bits per heavy atom. The van der Waals surface area contributed by atoms with Crippen LogP contribution in [0.25, 0.3) is 0 Å². The van der Waals surface area contributed by atoms with E-state index in [1.807, 2.05) is 19.1 Å². The second-order valence-electron chi connectivity index (χ2n) is 5.36. The van der Waals surface area contributed by atoms with Gasteiger partial charge in [-0.25, -0.2) is 0 Å². The van der Waals surface area contributed by atoms with Crippen molar-refractivity contribution < 1.29 is 13.6 Å². The van der Waals surface area contributed by atoms with Crippen LogP contribution in [0.15, 0.2) is 52.6 Å². The number of hydrogen-bond acceptors (Lipinski definition) is 3. The Kier molecular flexibility index (Phi) is 7.71. The Bertz CT molecular complexity index is 532. The molecule has 1 aliphatic rings. The van der Waals surface area contributed by atoms with Gasteiger partial charge in [0.1, 0.15) is 0 Å². The Morgan fingerprint density at radius 3 is 2.48 bits per heavy atom. The quantitative estimate of drug-likeness (QED) is 0.280. The molecule has 116 valence electrons. The van der Waals surface area contributed by atoms with E-state index >= 15 is 0 Å². The van der Waals surface area contributed by atoms with Crippen LogP contribution < -0.4 is 0 Å². The highest BCUT2D eigenvalue weighted by atomic mass is 31.2. The molecule has 21 heavy (non-hydrogen) atoms. The molecule has 1 rings (SSSR count). The highest BCUT2D eigenvalue weighted by Gasteiger charge is 2.26. The molecular formula is C17H25O3P. The molecule has 0 amide bonds. The maximum absolute atomic E-state index is 11.9. The lowest BCUT2D eigenvalue weighted by Crippen LogP contribution is -1.79. The van der Waals surface area contributed by atoms with E-state index in [0.717, 1.165) is 18.4 Å². The molecule has 0 unspecified atom stereocenters. The van der Waals surface area contributed by atoms with Crippen LogP contribution in [0.4, 0.5) is 0 Å². The molecule has 0 aliphatic carbocycles. The molecule has 0 radical (unpaired) electrons. The van der Waals surface area contributed by atoms with Crippen molar-refractivity contribution in [1.29, 1.82) is 0 Å². The van der Waals surface area contributed by atoms with Gasteiger partial charge in [0.25, 0.3) is 0 Å². The SMILES string of the molecule is CC(=C=CP1(=O)OCCO1)/C=C/C=C(\C)CCC=C(C)C. The number of rotatable bonds is 6. The Balaban J connectivity index is 2.53. The minimum Gasteiger partial charge on any atom is -0.303 e. The van der Waals surface area contributed by atoms with Crippen molar-refractivity contribution in [2.75, 3.05) is 13.2 Å². The molecule has 0 saturated carbocycles. The zero-order valence-electron chi connectivity index (χ0n) is 13.4. The molecule has 0 N–H and O–H groups in total. The van der Waals surface area contributed by atoms with Gasteiger partial charge in [0.15, 0.2) is 0 Å². The third kappa shape index (κ3) is 8.04. The lowest BCUT2D eigenvalue weighted by Gasteiger charge is -1.99. The van der Waals surface area contributed by atoms with Crippen LogP contribution in [0, 0.1) is 0 Å². The molecule has 1 aliphatic heterocycles. The predicted octanol–water partition coefficient (Wildman–Crippen LogP) is 5.53. The molecule has 1 fully saturated rings. The zero-order chi connectivity index (χ0) is 15.7. The van der Waals surface area contributed by atoms with Gasteiger partial charge >= 0.3 is 7.60 Å². The Labute approximate surface area is 128 Å². The standard InChI is InChI=1S/C17H25O3P/c1-15(2)7-5-8-16(3)9-6-10-17(4)11-14-21(18)19-12-13-20-21/h6-7,9-10,14H,5,8,12-13H2,1-4H3/b10-6+,16-9+.